The van der Waals surface area contributed by atoms with E-state index in [1.165, 1.54) is 64.2 Å². The molecule has 6 nitrogen and oxygen atoms in total. The molecule has 0 fully saturated rings. The molecule has 6 N–H and O–H groups in total. The monoisotopic (exact) mass is 538 g/mol. The maximum atomic E-state index is 7.56. The molecule has 1 aromatic rings. The first-order valence-corrected chi connectivity index (χ1v) is 14.8. The van der Waals surface area contributed by atoms with Crippen molar-refractivity contribution >= 4 is 37.1 Å². The van der Waals surface area contributed by atoms with E-state index >= 15 is 0 Å². The summed E-state index contributed by atoms with van der Waals surface area (Å²) in [5, 5.41) is 0. The van der Waals surface area contributed by atoms with Crippen molar-refractivity contribution in [2.24, 2.45) is 0 Å². The van der Waals surface area contributed by atoms with Crippen molar-refractivity contribution < 1.29 is 48.8 Å². The van der Waals surface area contributed by atoms with Crippen LogP contribution < -0.4 is 0 Å². The minimum Gasteiger partial charge on any atom is -0.325 e. The van der Waals surface area contributed by atoms with Crippen LogP contribution in [0.3, 0.4) is 0 Å². The summed E-state index contributed by atoms with van der Waals surface area (Å²) >= 11 is 7.21. The summed E-state index contributed by atoms with van der Waals surface area (Å²) < 4.78 is 0. The van der Waals surface area contributed by atoms with Crippen LogP contribution in [0.2, 0.25) is 0 Å². The third kappa shape index (κ3) is 36.6. The number of aryl methyl sites for hydroxylation is 2. The molecule has 1 aromatic carbocycles. The molecule has 0 bridgehead atoms. The molecule has 0 aliphatic rings. The maximum Gasteiger partial charge on any atom is 0.319 e. The number of rotatable bonds is 10. The number of unbranched alkanes of at least 4 members (excludes halogenated alkanes) is 6. The van der Waals surface area contributed by atoms with Gasteiger partial charge < -0.3 is 29.4 Å². The average Bonchev–Trinajstić information content (AvgIpc) is 2.54. The van der Waals surface area contributed by atoms with Crippen molar-refractivity contribution in [1.29, 1.82) is 0 Å². The van der Waals surface area contributed by atoms with Crippen LogP contribution in [0.4, 0.5) is 0 Å². The molecule has 0 amide bonds. The molecular weight excluding hydrogens is 504 g/mol. The average molecular weight is 540 g/mol. The van der Waals surface area contributed by atoms with Gasteiger partial charge in [-0.25, -0.2) is 0 Å². The van der Waals surface area contributed by atoms with E-state index in [-0.39, 0.29) is 19.5 Å². The summed E-state index contributed by atoms with van der Waals surface area (Å²) in [5.74, 6) is 0. The van der Waals surface area contributed by atoms with Crippen LogP contribution in [0.5, 0.6) is 0 Å². The van der Waals surface area contributed by atoms with Crippen molar-refractivity contribution in [1.82, 2.24) is 0 Å². The van der Waals surface area contributed by atoms with Gasteiger partial charge in [-0.15, -0.1) is 0 Å². The second-order valence-electron chi connectivity index (χ2n) is 6.42. The van der Waals surface area contributed by atoms with Crippen molar-refractivity contribution in [3.05, 3.63) is 35.4 Å². The van der Waals surface area contributed by atoms with E-state index in [0.29, 0.717) is 0 Å². The molecule has 11 heteroatoms. The molecule has 0 aliphatic carbocycles. The smallest absolute Gasteiger partial charge is 0.319 e. The fourth-order valence-electron chi connectivity index (χ4n) is 2.53. The number of hydrogen-bond donors (Lipinski definition) is 6. The van der Waals surface area contributed by atoms with Gasteiger partial charge in [-0.2, -0.15) is 0 Å². The first-order chi connectivity index (χ1) is 12.9. The molecule has 0 atom stereocenters. The quantitative estimate of drug-likeness (QED) is 0.148. The Labute approximate surface area is 198 Å². The van der Waals surface area contributed by atoms with Crippen LogP contribution in [0, 0.1) is 0 Å². The standard InChI is InChI=1S/C18H30.2H3O3PS.Zn/c1-3-5-7-9-13-17-15-11-12-16-18(17)14-10-8-6-4-2;2*1-4(2,3)5;/h11-12,15-16H,3-10,13-14H2,1-2H3;2*(H3,1,2,3,5);. The predicted octanol–water partition coefficient (Wildman–Crippen LogP) is 4.31. The fraction of sp³-hybridized carbons (Fsp3) is 0.667. The fourth-order valence-corrected chi connectivity index (χ4v) is 2.53. The van der Waals surface area contributed by atoms with Gasteiger partial charge in [-0.3, -0.25) is 0 Å². The van der Waals surface area contributed by atoms with Crippen LogP contribution in [0.25, 0.3) is 0 Å². The summed E-state index contributed by atoms with van der Waals surface area (Å²) in [7, 11) is 0. The van der Waals surface area contributed by atoms with Gasteiger partial charge in [0.05, 0.1) is 0 Å². The van der Waals surface area contributed by atoms with Crippen molar-refractivity contribution in [2.45, 2.75) is 78.1 Å². The van der Waals surface area contributed by atoms with Crippen molar-refractivity contribution in [3.63, 3.8) is 0 Å². The van der Waals surface area contributed by atoms with E-state index in [4.69, 9.17) is 29.4 Å². The Bertz CT molecular complexity index is 528. The van der Waals surface area contributed by atoms with E-state index in [1.807, 2.05) is 0 Å². The van der Waals surface area contributed by atoms with Gasteiger partial charge >= 0.3 is 13.4 Å². The third-order valence-electron chi connectivity index (χ3n) is 3.72. The molecule has 0 saturated carbocycles. The Kier molecular flexibility index (Phi) is 24.7. The number of hydrogen-bond acceptors (Lipinski definition) is 2. The normalized spacial score (nSPS) is 10.8. The summed E-state index contributed by atoms with van der Waals surface area (Å²) in [4.78, 5) is 45.3. The molecular formula is C18H36O6P2S2Zn. The predicted molar refractivity (Wildman–Crippen MR) is 124 cm³/mol. The molecule has 29 heavy (non-hydrogen) atoms. The molecule has 0 aliphatic heterocycles. The molecule has 0 aromatic heterocycles. The zero-order valence-electron chi connectivity index (χ0n) is 17.5. The third-order valence-corrected chi connectivity index (χ3v) is 3.72. The van der Waals surface area contributed by atoms with Gasteiger partial charge in [-0.05, 0) is 60.4 Å². The van der Waals surface area contributed by atoms with Crippen LogP contribution in [0.1, 0.15) is 76.3 Å². The van der Waals surface area contributed by atoms with Crippen molar-refractivity contribution in [3.8, 4) is 0 Å². The Morgan fingerprint density at radius 3 is 1.14 bits per heavy atom. The molecule has 0 radical (unpaired) electrons. The molecule has 1 rings (SSSR count). The minimum absolute atomic E-state index is 0. The zero-order chi connectivity index (χ0) is 22.1. The van der Waals surface area contributed by atoms with Gasteiger partial charge in [0.15, 0.2) is 0 Å². The maximum absolute atomic E-state index is 7.56. The van der Waals surface area contributed by atoms with Crippen molar-refractivity contribution in [2.75, 3.05) is 0 Å². The van der Waals surface area contributed by atoms with Gasteiger partial charge in [0, 0.05) is 19.5 Å². The van der Waals surface area contributed by atoms with Crippen LogP contribution in [-0.4, -0.2) is 29.4 Å². The van der Waals surface area contributed by atoms with Gasteiger partial charge in [0.2, 0.25) is 0 Å². The molecule has 0 spiro atoms. The molecule has 0 saturated heterocycles. The van der Waals surface area contributed by atoms with E-state index in [1.54, 1.807) is 11.1 Å². The Morgan fingerprint density at radius 2 is 0.897 bits per heavy atom. The van der Waals surface area contributed by atoms with E-state index in [0.717, 1.165) is 0 Å². The van der Waals surface area contributed by atoms with E-state index in [9.17, 15) is 0 Å². The van der Waals surface area contributed by atoms with Crippen LogP contribution in [-0.2, 0) is 55.9 Å². The topological polar surface area (TPSA) is 121 Å². The first kappa shape index (κ1) is 34.5. The Balaban J connectivity index is -0.000000512. The summed E-state index contributed by atoms with van der Waals surface area (Å²) in [6, 6.07) is 9.07. The van der Waals surface area contributed by atoms with E-state index in [2.05, 4.69) is 61.7 Å². The van der Waals surface area contributed by atoms with Crippen LogP contribution in [0.15, 0.2) is 24.3 Å². The second-order valence-corrected chi connectivity index (χ2v) is 11.4. The number of benzene rings is 1. The van der Waals surface area contributed by atoms with E-state index < -0.39 is 13.4 Å². The Morgan fingerprint density at radius 1 is 0.621 bits per heavy atom. The second kappa shape index (κ2) is 20.8. The zero-order valence-corrected chi connectivity index (χ0v) is 23.9. The van der Waals surface area contributed by atoms with Gasteiger partial charge in [0.25, 0.3) is 0 Å². The summed E-state index contributed by atoms with van der Waals surface area (Å²) in [5.41, 5.74) is 3.20. The first-order valence-electron chi connectivity index (χ1n) is 9.51. The Hall–Kier alpha value is 0.903. The minimum atomic E-state index is -3.81. The summed E-state index contributed by atoms with van der Waals surface area (Å²) in [6.45, 7) is -3.05. The van der Waals surface area contributed by atoms with Gasteiger partial charge in [0.1, 0.15) is 0 Å². The summed E-state index contributed by atoms with van der Waals surface area (Å²) in [6.07, 6.45) is 13.5. The SMILES string of the molecule is CCCCCCc1ccccc1CCCCCC.OP(O)(O)=S.OP(O)(O)=S.[Zn]. The molecule has 0 heterocycles. The molecule has 0 unspecified atom stereocenters. The molecule has 168 valence electrons. The van der Waals surface area contributed by atoms with Crippen LogP contribution >= 0.6 is 13.4 Å². The van der Waals surface area contributed by atoms with Gasteiger partial charge in [-0.1, -0.05) is 76.6 Å². The largest absolute Gasteiger partial charge is 0.325 e.